The van der Waals surface area contributed by atoms with Gasteiger partial charge in [-0.05, 0) is 69.6 Å². The van der Waals surface area contributed by atoms with E-state index in [9.17, 15) is 9.59 Å². The van der Waals surface area contributed by atoms with E-state index < -0.39 is 5.97 Å². The molecule has 27 heavy (non-hydrogen) atoms. The van der Waals surface area contributed by atoms with Gasteiger partial charge in [0.05, 0.1) is 13.2 Å². The van der Waals surface area contributed by atoms with E-state index in [1.165, 1.54) is 12.8 Å². The number of carbonyl (C=O) groups excluding carboxylic acids is 1. The van der Waals surface area contributed by atoms with Crippen LogP contribution in [0.3, 0.4) is 0 Å². The average Bonchev–Trinajstić information content (AvgIpc) is 3.19. The Bertz CT molecular complexity index is 669. The fourth-order valence-electron chi connectivity index (χ4n) is 4.11. The second-order valence-electron chi connectivity index (χ2n) is 7.47. The molecule has 2 fully saturated rings. The number of likely N-dealkylation sites (tertiary alicyclic amines) is 1. The highest BCUT2D eigenvalue weighted by atomic mass is 16.5. The summed E-state index contributed by atoms with van der Waals surface area (Å²) in [5.74, 6) is 0.382. The maximum atomic E-state index is 13.1. The number of amides is 1. The molecule has 6 heteroatoms. The van der Waals surface area contributed by atoms with Crippen LogP contribution in [-0.2, 0) is 4.79 Å². The van der Waals surface area contributed by atoms with E-state index in [2.05, 4.69) is 0 Å². The molecule has 0 bridgehead atoms. The van der Waals surface area contributed by atoms with Crippen molar-refractivity contribution in [3.8, 4) is 11.5 Å². The van der Waals surface area contributed by atoms with Gasteiger partial charge in [0.2, 0.25) is 0 Å². The van der Waals surface area contributed by atoms with Crippen LogP contribution in [0.15, 0.2) is 18.2 Å². The lowest BCUT2D eigenvalue weighted by Crippen LogP contribution is -2.44. The van der Waals surface area contributed by atoms with Crippen LogP contribution < -0.4 is 9.47 Å². The van der Waals surface area contributed by atoms with Gasteiger partial charge in [-0.2, -0.15) is 0 Å². The number of ether oxygens (including phenoxy) is 2. The van der Waals surface area contributed by atoms with Gasteiger partial charge in [-0.3, -0.25) is 9.59 Å². The number of aliphatic carboxylic acids is 1. The first-order valence-corrected chi connectivity index (χ1v) is 9.96. The summed E-state index contributed by atoms with van der Waals surface area (Å²) in [5.41, 5.74) is 0.563. The molecule has 1 aromatic carbocycles. The quantitative estimate of drug-likeness (QED) is 0.783. The summed E-state index contributed by atoms with van der Waals surface area (Å²) in [7, 11) is 1.58. The summed E-state index contributed by atoms with van der Waals surface area (Å²) in [5, 5.41) is 8.97. The molecule has 1 saturated carbocycles. The van der Waals surface area contributed by atoms with E-state index in [0.29, 0.717) is 30.0 Å². The van der Waals surface area contributed by atoms with Crippen molar-refractivity contribution in [2.24, 2.45) is 0 Å². The van der Waals surface area contributed by atoms with E-state index in [1.807, 2.05) is 11.0 Å². The predicted molar refractivity (Wildman–Crippen MR) is 101 cm³/mol. The number of hydrogen-bond donors (Lipinski definition) is 1. The van der Waals surface area contributed by atoms with Crippen molar-refractivity contribution in [2.45, 2.75) is 69.9 Å². The summed E-state index contributed by atoms with van der Waals surface area (Å²) in [6.45, 7) is 0.672. The molecule has 1 unspecified atom stereocenters. The normalized spacial score (nSPS) is 20.5. The zero-order valence-electron chi connectivity index (χ0n) is 16.0. The Labute approximate surface area is 160 Å². The van der Waals surface area contributed by atoms with Gasteiger partial charge >= 0.3 is 5.97 Å². The van der Waals surface area contributed by atoms with Gasteiger partial charge in [0, 0.05) is 24.6 Å². The van der Waals surface area contributed by atoms with Crippen LogP contribution in [0, 0.1) is 0 Å². The second kappa shape index (κ2) is 9.11. The van der Waals surface area contributed by atoms with Gasteiger partial charge in [-0.15, -0.1) is 0 Å². The van der Waals surface area contributed by atoms with Crippen molar-refractivity contribution in [3.63, 3.8) is 0 Å². The summed E-state index contributed by atoms with van der Waals surface area (Å²) in [4.78, 5) is 25.8. The van der Waals surface area contributed by atoms with Crippen LogP contribution in [0.4, 0.5) is 0 Å². The van der Waals surface area contributed by atoms with Crippen LogP contribution >= 0.6 is 0 Å². The Balaban J connectivity index is 1.73. The average molecular weight is 375 g/mol. The van der Waals surface area contributed by atoms with Crippen molar-refractivity contribution in [2.75, 3.05) is 13.7 Å². The van der Waals surface area contributed by atoms with Gasteiger partial charge < -0.3 is 19.5 Å². The van der Waals surface area contributed by atoms with Crippen LogP contribution in [-0.4, -0.2) is 47.7 Å². The first kappa shape index (κ1) is 19.5. The topological polar surface area (TPSA) is 76.1 Å². The maximum absolute atomic E-state index is 13.1. The summed E-state index contributed by atoms with van der Waals surface area (Å²) in [6, 6.07) is 5.34. The third-order valence-corrected chi connectivity index (χ3v) is 5.59. The van der Waals surface area contributed by atoms with E-state index in [1.54, 1.807) is 19.2 Å². The highest BCUT2D eigenvalue weighted by Crippen LogP contribution is 2.33. The highest BCUT2D eigenvalue weighted by Gasteiger charge is 2.28. The first-order chi connectivity index (χ1) is 13.1. The molecule has 1 atom stereocenters. The molecule has 1 aromatic rings. The predicted octanol–water partition coefficient (Wildman–Crippen LogP) is 3.88. The van der Waals surface area contributed by atoms with Gasteiger partial charge in [-0.25, -0.2) is 0 Å². The molecule has 1 aliphatic heterocycles. The molecule has 6 nitrogen and oxygen atoms in total. The monoisotopic (exact) mass is 375 g/mol. The van der Waals surface area contributed by atoms with Crippen molar-refractivity contribution in [1.29, 1.82) is 0 Å². The molecule has 0 radical (unpaired) electrons. The van der Waals surface area contributed by atoms with Gasteiger partial charge in [-0.1, -0.05) is 0 Å². The Hall–Kier alpha value is -2.24. The molecule has 2 aliphatic rings. The third kappa shape index (κ3) is 4.93. The van der Waals surface area contributed by atoms with Crippen LogP contribution in [0.25, 0.3) is 0 Å². The second-order valence-corrected chi connectivity index (χ2v) is 7.47. The molecular weight excluding hydrogens is 346 g/mol. The Morgan fingerprint density at radius 2 is 1.85 bits per heavy atom. The Morgan fingerprint density at radius 3 is 2.56 bits per heavy atom. The number of carbonyl (C=O) groups is 2. The lowest BCUT2D eigenvalue weighted by molar-refractivity contribution is -0.137. The highest BCUT2D eigenvalue weighted by molar-refractivity contribution is 5.95. The molecule has 0 aromatic heterocycles. The number of carboxylic acid groups (broad SMARTS) is 1. The fourth-order valence-corrected chi connectivity index (χ4v) is 4.11. The van der Waals surface area contributed by atoms with Gasteiger partial charge in [0.1, 0.15) is 0 Å². The molecule has 1 N–H and O–H groups in total. The number of methoxy groups -OCH3 is 1. The molecule has 1 amide bonds. The third-order valence-electron chi connectivity index (χ3n) is 5.59. The minimum absolute atomic E-state index is 0.0113. The molecule has 3 rings (SSSR count). The molecular formula is C21H29NO5. The molecule has 0 spiro atoms. The smallest absolute Gasteiger partial charge is 0.303 e. The Kier molecular flexibility index (Phi) is 6.58. The molecule has 148 valence electrons. The molecule has 1 saturated heterocycles. The van der Waals surface area contributed by atoms with E-state index in [0.717, 1.165) is 32.1 Å². The summed E-state index contributed by atoms with van der Waals surface area (Å²) >= 11 is 0. The Morgan fingerprint density at radius 1 is 1.11 bits per heavy atom. The lowest BCUT2D eigenvalue weighted by atomic mass is 9.97. The van der Waals surface area contributed by atoms with Crippen LogP contribution in [0.5, 0.6) is 11.5 Å². The number of carboxylic acids is 1. The molecule has 1 aliphatic carbocycles. The van der Waals surface area contributed by atoms with Crippen LogP contribution in [0.1, 0.15) is 68.1 Å². The van der Waals surface area contributed by atoms with E-state index >= 15 is 0 Å². The van der Waals surface area contributed by atoms with Crippen LogP contribution in [0.2, 0.25) is 0 Å². The zero-order valence-corrected chi connectivity index (χ0v) is 16.0. The number of rotatable bonds is 7. The largest absolute Gasteiger partial charge is 0.493 e. The summed E-state index contributed by atoms with van der Waals surface area (Å²) in [6.07, 6.45) is 8.16. The summed E-state index contributed by atoms with van der Waals surface area (Å²) < 4.78 is 11.5. The van der Waals surface area contributed by atoms with Crippen molar-refractivity contribution < 1.29 is 24.2 Å². The van der Waals surface area contributed by atoms with Gasteiger partial charge in [0.25, 0.3) is 5.91 Å². The van der Waals surface area contributed by atoms with Crippen molar-refractivity contribution >= 4 is 11.9 Å². The number of hydrogen-bond acceptors (Lipinski definition) is 4. The van der Waals surface area contributed by atoms with Gasteiger partial charge in [0.15, 0.2) is 11.5 Å². The van der Waals surface area contributed by atoms with Crippen molar-refractivity contribution in [1.82, 2.24) is 4.90 Å². The fraction of sp³-hybridized carbons (Fsp3) is 0.619. The zero-order chi connectivity index (χ0) is 19.2. The number of nitrogens with zero attached hydrogens (tertiary/aromatic N) is 1. The molecule has 1 heterocycles. The maximum Gasteiger partial charge on any atom is 0.303 e. The minimum atomic E-state index is -0.817. The minimum Gasteiger partial charge on any atom is -0.493 e. The SMILES string of the molecule is COc1cc(C(=O)N2CCCCC2CCC(=O)O)ccc1OC1CCCC1. The van der Waals surface area contributed by atoms with E-state index in [4.69, 9.17) is 14.6 Å². The number of benzene rings is 1. The number of piperidine rings is 1. The first-order valence-electron chi connectivity index (χ1n) is 9.96. The van der Waals surface area contributed by atoms with E-state index in [-0.39, 0.29) is 24.5 Å². The lowest BCUT2D eigenvalue weighted by Gasteiger charge is -2.36. The van der Waals surface area contributed by atoms with Crippen molar-refractivity contribution in [3.05, 3.63) is 23.8 Å². The standard InChI is InChI=1S/C21H29NO5/c1-26-19-14-15(9-11-18(19)27-17-7-2-3-8-17)21(25)22-13-5-4-6-16(22)10-12-20(23)24/h9,11,14,16-17H,2-8,10,12-13H2,1H3,(H,23,24).